The number of hydrogen-bond acceptors (Lipinski definition) is 6. The van der Waals surface area contributed by atoms with Crippen molar-refractivity contribution in [2.24, 2.45) is 0 Å². The quantitative estimate of drug-likeness (QED) is 0.569. The van der Waals surface area contributed by atoms with E-state index < -0.39 is 22.0 Å². The molecule has 0 bridgehead atoms. The van der Waals surface area contributed by atoms with Crippen LogP contribution in [0.1, 0.15) is 20.7 Å². The summed E-state index contributed by atoms with van der Waals surface area (Å²) in [5.74, 6) is -1.60. The average Bonchev–Trinajstić information content (AvgIpc) is 2.61. The summed E-state index contributed by atoms with van der Waals surface area (Å²) < 4.78 is 35.3. The van der Waals surface area contributed by atoms with Crippen molar-refractivity contribution < 1.29 is 27.5 Å². The highest BCUT2D eigenvalue weighted by Gasteiger charge is 2.23. The van der Waals surface area contributed by atoms with Crippen molar-refractivity contribution in [2.45, 2.75) is 4.90 Å². The van der Waals surface area contributed by atoms with Crippen LogP contribution in [0.2, 0.25) is 5.02 Å². The number of ether oxygens (including phenoxy) is 2. The maximum absolute atomic E-state index is 12.5. The van der Waals surface area contributed by atoms with Crippen LogP contribution in [-0.4, -0.2) is 45.9 Å². The molecule has 0 unspecified atom stereocenters. The van der Waals surface area contributed by atoms with E-state index >= 15 is 0 Å². The highest BCUT2D eigenvalue weighted by Crippen LogP contribution is 2.25. The lowest BCUT2D eigenvalue weighted by molar-refractivity contribution is 0.0593. The standard InChI is InChI=1S/C17H16ClNO6S/c1-19(2)26(22,23)11-8-9-14(18)13(10-11)17(21)25-15-7-5-4-6-12(15)16(20)24-3/h4-10H,1-3H3. The lowest BCUT2D eigenvalue weighted by Crippen LogP contribution is -2.22. The van der Waals surface area contributed by atoms with E-state index in [-0.39, 0.29) is 26.8 Å². The zero-order chi connectivity index (χ0) is 19.5. The highest BCUT2D eigenvalue weighted by atomic mass is 35.5. The lowest BCUT2D eigenvalue weighted by Gasteiger charge is -2.13. The number of carbonyl (C=O) groups excluding carboxylic acids is 2. The van der Waals surface area contributed by atoms with Crippen LogP contribution in [0.4, 0.5) is 0 Å². The Kier molecular flexibility index (Phi) is 6.01. The first-order valence-electron chi connectivity index (χ1n) is 7.30. The number of halogens is 1. The summed E-state index contributed by atoms with van der Waals surface area (Å²) in [7, 11) is 0.186. The summed E-state index contributed by atoms with van der Waals surface area (Å²) in [4.78, 5) is 24.1. The average molecular weight is 398 g/mol. The first-order valence-corrected chi connectivity index (χ1v) is 9.12. The van der Waals surface area contributed by atoms with Gasteiger partial charge >= 0.3 is 11.9 Å². The van der Waals surface area contributed by atoms with E-state index in [1.165, 1.54) is 45.5 Å². The Bertz CT molecular complexity index is 955. The van der Waals surface area contributed by atoms with Gasteiger partial charge in [-0.15, -0.1) is 0 Å². The molecule has 138 valence electrons. The smallest absolute Gasteiger partial charge is 0.345 e. The Labute approximate surface area is 156 Å². The molecule has 0 radical (unpaired) electrons. The summed E-state index contributed by atoms with van der Waals surface area (Å²) in [6.45, 7) is 0. The van der Waals surface area contributed by atoms with E-state index in [0.29, 0.717) is 0 Å². The number of methoxy groups -OCH3 is 1. The summed E-state index contributed by atoms with van der Waals surface area (Å²) in [6, 6.07) is 9.71. The van der Waals surface area contributed by atoms with Crippen molar-refractivity contribution in [2.75, 3.05) is 21.2 Å². The topological polar surface area (TPSA) is 90.0 Å². The van der Waals surface area contributed by atoms with Crippen molar-refractivity contribution in [1.29, 1.82) is 0 Å². The molecule has 26 heavy (non-hydrogen) atoms. The second kappa shape index (κ2) is 7.86. The predicted octanol–water partition coefficient (Wildman–Crippen LogP) is 2.60. The normalized spacial score (nSPS) is 11.3. The number of esters is 2. The minimum Gasteiger partial charge on any atom is -0.465 e. The molecule has 0 aromatic heterocycles. The van der Waals surface area contributed by atoms with Gasteiger partial charge in [0.25, 0.3) is 0 Å². The molecule has 0 heterocycles. The minimum absolute atomic E-state index is 0.0169. The van der Waals surface area contributed by atoms with Gasteiger partial charge in [-0.25, -0.2) is 22.3 Å². The highest BCUT2D eigenvalue weighted by molar-refractivity contribution is 7.89. The fourth-order valence-corrected chi connectivity index (χ4v) is 3.14. The van der Waals surface area contributed by atoms with Gasteiger partial charge < -0.3 is 9.47 Å². The Morgan fingerprint density at radius 2 is 1.65 bits per heavy atom. The summed E-state index contributed by atoms with van der Waals surface area (Å²) >= 11 is 6.02. The van der Waals surface area contributed by atoms with E-state index in [0.717, 1.165) is 10.4 Å². The molecule has 0 N–H and O–H groups in total. The van der Waals surface area contributed by atoms with E-state index in [1.54, 1.807) is 12.1 Å². The van der Waals surface area contributed by atoms with Gasteiger partial charge in [0.2, 0.25) is 10.0 Å². The molecule has 2 aromatic rings. The summed E-state index contributed by atoms with van der Waals surface area (Å²) in [5, 5.41) is 0.0169. The molecule has 0 spiro atoms. The molecular formula is C17H16ClNO6S. The Morgan fingerprint density at radius 1 is 1.00 bits per heavy atom. The van der Waals surface area contributed by atoms with Crippen molar-refractivity contribution in [3.63, 3.8) is 0 Å². The first-order chi connectivity index (χ1) is 12.2. The van der Waals surface area contributed by atoms with Gasteiger partial charge in [-0.2, -0.15) is 0 Å². The molecule has 2 rings (SSSR count). The largest absolute Gasteiger partial charge is 0.465 e. The third kappa shape index (κ3) is 4.04. The lowest BCUT2D eigenvalue weighted by atomic mass is 10.2. The van der Waals surface area contributed by atoms with Gasteiger partial charge in [-0.05, 0) is 30.3 Å². The predicted molar refractivity (Wildman–Crippen MR) is 95.1 cm³/mol. The minimum atomic E-state index is -3.76. The zero-order valence-corrected chi connectivity index (χ0v) is 15.8. The third-order valence-corrected chi connectivity index (χ3v) is 5.57. The van der Waals surface area contributed by atoms with E-state index in [9.17, 15) is 18.0 Å². The number of hydrogen-bond donors (Lipinski definition) is 0. The molecule has 0 saturated carbocycles. The van der Waals surface area contributed by atoms with Crippen LogP contribution < -0.4 is 4.74 Å². The van der Waals surface area contributed by atoms with Gasteiger partial charge in [0.1, 0.15) is 11.3 Å². The molecule has 0 fully saturated rings. The number of rotatable bonds is 5. The fraction of sp³-hybridized carbons (Fsp3) is 0.176. The first kappa shape index (κ1) is 19.9. The SMILES string of the molecule is COC(=O)c1ccccc1OC(=O)c1cc(S(=O)(=O)N(C)C)ccc1Cl. The second-order valence-electron chi connectivity index (χ2n) is 5.31. The van der Waals surface area contributed by atoms with Gasteiger partial charge in [0, 0.05) is 14.1 Å². The number of para-hydroxylation sites is 1. The van der Waals surface area contributed by atoms with Crippen molar-refractivity contribution in [3.05, 3.63) is 58.6 Å². The van der Waals surface area contributed by atoms with E-state index in [1.807, 2.05) is 0 Å². The van der Waals surface area contributed by atoms with Crippen LogP contribution in [0.3, 0.4) is 0 Å². The van der Waals surface area contributed by atoms with Crippen LogP contribution >= 0.6 is 11.6 Å². The zero-order valence-electron chi connectivity index (χ0n) is 14.2. The molecule has 9 heteroatoms. The summed E-state index contributed by atoms with van der Waals surface area (Å²) in [6.07, 6.45) is 0. The van der Waals surface area contributed by atoms with Gasteiger partial charge in [-0.1, -0.05) is 23.7 Å². The Hall–Kier alpha value is -2.42. The molecule has 0 saturated heterocycles. The maximum Gasteiger partial charge on any atom is 0.345 e. The number of benzene rings is 2. The van der Waals surface area contributed by atoms with E-state index in [4.69, 9.17) is 16.3 Å². The molecule has 2 aromatic carbocycles. The van der Waals surface area contributed by atoms with Crippen molar-refractivity contribution in [1.82, 2.24) is 4.31 Å². The van der Waals surface area contributed by atoms with Crippen LogP contribution in [0.5, 0.6) is 5.75 Å². The Balaban J connectivity index is 2.42. The van der Waals surface area contributed by atoms with Crippen molar-refractivity contribution >= 4 is 33.6 Å². The molecule has 0 aliphatic heterocycles. The van der Waals surface area contributed by atoms with Gasteiger partial charge in [-0.3, -0.25) is 0 Å². The van der Waals surface area contributed by atoms with Gasteiger partial charge in [0.05, 0.1) is 22.6 Å². The molecular weight excluding hydrogens is 382 g/mol. The van der Waals surface area contributed by atoms with Crippen LogP contribution in [0.15, 0.2) is 47.4 Å². The van der Waals surface area contributed by atoms with Crippen LogP contribution in [0.25, 0.3) is 0 Å². The van der Waals surface area contributed by atoms with Gasteiger partial charge in [0.15, 0.2) is 0 Å². The molecule has 7 nitrogen and oxygen atoms in total. The fourth-order valence-electron chi connectivity index (χ4n) is 2.02. The second-order valence-corrected chi connectivity index (χ2v) is 7.87. The number of sulfonamides is 1. The van der Waals surface area contributed by atoms with Crippen LogP contribution in [-0.2, 0) is 14.8 Å². The molecule has 0 amide bonds. The Morgan fingerprint density at radius 3 is 2.27 bits per heavy atom. The monoisotopic (exact) mass is 397 g/mol. The third-order valence-electron chi connectivity index (χ3n) is 3.43. The maximum atomic E-state index is 12.5. The number of nitrogens with zero attached hydrogens (tertiary/aromatic N) is 1. The summed E-state index contributed by atoms with van der Waals surface area (Å²) in [5.41, 5.74) is -0.0919. The molecule has 0 aliphatic carbocycles. The van der Waals surface area contributed by atoms with Crippen molar-refractivity contribution in [3.8, 4) is 5.75 Å². The molecule has 0 atom stereocenters. The number of carbonyl (C=O) groups is 2. The van der Waals surface area contributed by atoms with Crippen LogP contribution in [0, 0.1) is 0 Å². The van der Waals surface area contributed by atoms with E-state index in [2.05, 4.69) is 4.74 Å². The molecule has 0 aliphatic rings.